The van der Waals surface area contributed by atoms with Crippen LogP contribution in [0.4, 0.5) is 0 Å². The monoisotopic (exact) mass is 2440 g/mol. The van der Waals surface area contributed by atoms with Crippen LogP contribution < -0.4 is 5.19 Å². The highest BCUT2D eigenvalue weighted by molar-refractivity contribution is 6.82. The third kappa shape index (κ3) is 113. The van der Waals surface area contributed by atoms with Crippen molar-refractivity contribution in [2.75, 3.05) is 19.8 Å². The Labute approximate surface area is 935 Å². The Morgan fingerprint density at radius 1 is 0.345 bits per heavy atom. The van der Waals surface area contributed by atoms with Gasteiger partial charge in [0.2, 0.25) is 0 Å². The van der Waals surface area contributed by atoms with E-state index in [0.29, 0.717) is 57.4 Å². The van der Waals surface area contributed by atoms with Gasteiger partial charge in [-0.1, -0.05) is 187 Å². The summed E-state index contributed by atoms with van der Waals surface area (Å²) in [5.74, 6) is -0.864. The molecule has 0 spiro atoms. The molecule has 20 nitrogen and oxygen atoms in total. The highest BCUT2D eigenvalue weighted by atomic mass is 28.4. The predicted octanol–water partition coefficient (Wildman–Crippen LogP) is 20.2. The molecule has 6 N–H and O–H groups in total. The third-order valence-corrected chi connectivity index (χ3v) is 93.6. The van der Waals surface area contributed by atoms with Gasteiger partial charge in [-0.3, -0.25) is 0 Å². The SMILES string of the molecule is C=C(C)C(=O)OCCC[SiH2]O[Si](C)(C)CC[SiH](C)O[SiH](C)C.C=C(C)C(=O)OCCC[SiH2]O[Si](C)(C)CC[SiH](C)O[Si](C)(C)C.C=C(C)C(=O)OCCC[SiH2]O[Si](C)(C)CC[SiH](C)O[Si](C)(C)C.C=CC(C)(C)CC[SiH2]C(C)(C)C.C=CC(C)(C)CC[SiH2]C(C)(C)C.C=Cc1ccc(CC[SiH2]O[Si](C)(C)CC[SiH2]O[Si](C)(C)CC[SiH2]O[Si](C)(C)C)cc1.C=Cc1ccc([SiH2]O[Si](C)(C)CC[SiH2]O[SiH](C)C)cc1.O.O.O. The second kappa shape index (κ2) is 84.8. The Balaban J connectivity index is -0.000000255. The molecule has 44 heteroatoms. The molecule has 145 heavy (non-hydrogen) atoms. The summed E-state index contributed by atoms with van der Waals surface area (Å²) in [6.07, 6.45) is 14.5. The summed E-state index contributed by atoms with van der Waals surface area (Å²) >= 11 is 0. The van der Waals surface area contributed by atoms with Crippen molar-refractivity contribution in [1.29, 1.82) is 0 Å². The maximum atomic E-state index is 11.2. The van der Waals surface area contributed by atoms with Crippen LogP contribution in [0.15, 0.2) is 123 Å². The fourth-order valence-corrected chi connectivity index (χ4v) is 85.6. The van der Waals surface area contributed by atoms with E-state index in [4.69, 9.17) is 59.5 Å². The van der Waals surface area contributed by atoms with Crippen molar-refractivity contribution >= 4 is 252 Å². The minimum atomic E-state index is -1.53. The topological polar surface area (TPSA) is 275 Å². The number of aryl methyl sites for hydroxylation is 1. The van der Waals surface area contributed by atoms with Gasteiger partial charge in [-0.15, -0.1) is 13.2 Å². The van der Waals surface area contributed by atoms with E-state index < -0.39 is 179 Å². The Bertz CT molecular complexity index is 3590. The second-order valence-corrected chi connectivity index (χ2v) is 126. The van der Waals surface area contributed by atoms with E-state index >= 15 is 0 Å². The quantitative estimate of drug-likeness (QED) is 0.0149. The molecule has 0 bridgehead atoms. The lowest BCUT2D eigenvalue weighted by molar-refractivity contribution is -0.139. The van der Waals surface area contributed by atoms with E-state index in [9.17, 15) is 14.4 Å². The summed E-state index contributed by atoms with van der Waals surface area (Å²) in [5, 5.41) is 2.63. The molecule has 0 heterocycles. The van der Waals surface area contributed by atoms with Gasteiger partial charge in [-0.25, -0.2) is 14.4 Å². The Kier molecular flexibility index (Phi) is 93.5. The molecule has 3 unspecified atom stereocenters. The number of esters is 3. The van der Waals surface area contributed by atoms with Gasteiger partial charge in [0, 0.05) is 35.8 Å². The van der Waals surface area contributed by atoms with E-state index in [2.05, 4.69) is 359 Å². The molecule has 3 atom stereocenters. The van der Waals surface area contributed by atoms with E-state index in [1.165, 1.54) is 125 Å². The maximum Gasteiger partial charge on any atom is 0.333 e. The minimum absolute atomic E-state index is 0. The average Bonchev–Trinajstić information content (AvgIpc) is 0.890. The van der Waals surface area contributed by atoms with E-state index in [1.54, 1.807) is 20.8 Å². The molecule has 0 saturated carbocycles. The molecule has 0 aliphatic rings. The third-order valence-electron chi connectivity index (χ3n) is 22.9. The van der Waals surface area contributed by atoms with Crippen LogP contribution in [0.1, 0.15) is 139 Å². The number of hydrogen-bond acceptors (Lipinski definition) is 17. The van der Waals surface area contributed by atoms with Gasteiger partial charge < -0.3 is 75.9 Å². The van der Waals surface area contributed by atoms with Crippen molar-refractivity contribution in [3.05, 3.63) is 140 Å². The highest BCUT2D eigenvalue weighted by Gasteiger charge is 2.31. The van der Waals surface area contributed by atoms with Crippen molar-refractivity contribution in [1.82, 2.24) is 0 Å². The Morgan fingerprint density at radius 2 is 0.628 bits per heavy atom. The number of carbonyl (C=O) groups is 3. The summed E-state index contributed by atoms with van der Waals surface area (Å²) in [6.45, 7) is 120. The average molecular weight is 2440 g/mol. The minimum Gasteiger partial charge on any atom is -0.463 e. The number of benzene rings is 2. The second-order valence-electron chi connectivity index (χ2n) is 50.1. The zero-order valence-electron chi connectivity index (χ0n) is 102. The van der Waals surface area contributed by atoms with Crippen LogP contribution in [0.25, 0.3) is 12.2 Å². The first-order valence-corrected chi connectivity index (χ1v) is 112. The van der Waals surface area contributed by atoms with Gasteiger partial charge >= 0.3 is 17.9 Å². The van der Waals surface area contributed by atoms with Crippen LogP contribution in [0.3, 0.4) is 0 Å². The smallest absolute Gasteiger partial charge is 0.333 e. The van der Waals surface area contributed by atoms with Crippen molar-refractivity contribution in [2.45, 2.75) is 431 Å². The van der Waals surface area contributed by atoms with Gasteiger partial charge in [-0.05, 0) is 382 Å². The van der Waals surface area contributed by atoms with Crippen molar-refractivity contribution in [3.63, 3.8) is 0 Å². The molecule has 0 fully saturated rings. The van der Waals surface area contributed by atoms with Gasteiger partial charge in [0.1, 0.15) is 68.3 Å². The first-order chi connectivity index (χ1) is 64.9. The summed E-state index contributed by atoms with van der Waals surface area (Å²) in [5.41, 5.74) is 5.91. The lowest BCUT2D eigenvalue weighted by Crippen LogP contribution is -2.37. The van der Waals surface area contributed by atoms with Crippen LogP contribution in [-0.4, -0.2) is 271 Å². The normalized spacial score (nSPS) is 13.6. The summed E-state index contributed by atoms with van der Waals surface area (Å²) < 4.78 is 83.8. The fraction of sp³-hybridized carbons (Fsp3) is 0.713. The first kappa shape index (κ1) is 160. The molecule has 0 aliphatic heterocycles. The molecule has 0 aromatic heterocycles. The lowest BCUT2D eigenvalue weighted by atomic mass is 9.91. The predicted molar refractivity (Wildman–Crippen MR) is 711 cm³/mol. The Hall–Kier alpha value is -0.325. The van der Waals surface area contributed by atoms with E-state index in [1.807, 2.05) is 12.2 Å². The molecule has 854 valence electrons. The Morgan fingerprint density at radius 3 is 0.910 bits per heavy atom. The van der Waals surface area contributed by atoms with Crippen LogP contribution in [0.2, 0.25) is 302 Å². The van der Waals surface area contributed by atoms with E-state index in [-0.39, 0.29) is 72.9 Å². The molecule has 0 amide bonds. The largest absolute Gasteiger partial charge is 0.463 e. The molecule has 0 saturated heterocycles. The maximum absolute atomic E-state index is 11.2. The molecule has 2 aromatic carbocycles. The molecule has 2 rings (SSSR count). The number of hydrogen-bond donors (Lipinski definition) is 0. The number of carbonyl (C=O) groups excluding carboxylic acids is 3. The van der Waals surface area contributed by atoms with Gasteiger partial charge in [0.05, 0.1) is 19.8 Å². The van der Waals surface area contributed by atoms with Crippen LogP contribution in [-0.2, 0) is 80.3 Å². The highest BCUT2D eigenvalue weighted by Crippen LogP contribution is 2.31. The molecular weight excluding hydrogens is 2210 g/mol. The van der Waals surface area contributed by atoms with Gasteiger partial charge in [-0.2, -0.15) is 0 Å². The van der Waals surface area contributed by atoms with Gasteiger partial charge in [0.25, 0.3) is 0 Å². The summed E-state index contributed by atoms with van der Waals surface area (Å²) in [4.78, 5) is 33.7. The van der Waals surface area contributed by atoms with Crippen LogP contribution >= 0.6 is 0 Å². The summed E-state index contributed by atoms with van der Waals surface area (Å²) in [7, 11) is -21.1. The van der Waals surface area contributed by atoms with Crippen LogP contribution in [0, 0.1) is 10.8 Å². The molecular formula is C101H234O20Si24. The van der Waals surface area contributed by atoms with Crippen molar-refractivity contribution in [2.24, 2.45) is 10.8 Å². The summed E-state index contributed by atoms with van der Waals surface area (Å²) in [6, 6.07) is 39.8. The zero-order chi connectivity index (χ0) is 111. The molecule has 2 aromatic rings. The molecule has 0 radical (unpaired) electrons. The fourth-order valence-electron chi connectivity index (χ4n) is 13.8. The number of ether oxygens (including phenoxy) is 3. The van der Waals surface area contributed by atoms with E-state index in [0.717, 1.165) is 43.8 Å². The number of allylic oxidation sites excluding steroid dienone is 2. The number of rotatable bonds is 69. The van der Waals surface area contributed by atoms with Crippen LogP contribution in [0.5, 0.6) is 0 Å². The van der Waals surface area contributed by atoms with Gasteiger partial charge in [0.15, 0.2) is 130 Å². The first-order valence-electron chi connectivity index (χ1n) is 54.2. The van der Waals surface area contributed by atoms with Crippen molar-refractivity contribution in [3.8, 4) is 0 Å². The zero-order valence-corrected chi connectivity index (χ0v) is 131. The lowest BCUT2D eigenvalue weighted by Gasteiger charge is -2.27. The standard InChI is InChI=1S/C21H46O3Si6.2C15H36O4Si4.C14H34O4Si4.C14H28O2Si4.2C11H24Si.3H2O/c1-9-20-10-12-21(13-11-20)14-15-25-23-29(5,6)19-17-27-24-30(7,8)18-16-26-22-28(2,3)4;2*1-14(2)15(16)17-10-9-11-20-18-23(7,8)13-12-21(3)19-22(4,5)6;1-13(2)14(15)16-9-8-10-19-17-22(6,7)12-11-21(5)18-20(3)4;1-6-13-7-9-14(10-8-13)18-16-20(4,5)12-11-17-15-19(2)3;2*1-7-11(5,6)8-9-12-10(2,3)4;;;/h9-13H,1,14-19,25-27H2,2-8H3;2*21H,1,9-13,20H2,2-8H3;20-21H,1,8-12,19H2,2-7H3;6-10,19H,1,11-12,17-18H2,2-5H3;2*7H,1,8-9,12H2,2-6H3;3*1H2. The molecule has 0 aliphatic carbocycles. The van der Waals surface area contributed by atoms with Crippen molar-refractivity contribution < 1.29 is 90.3 Å².